The molecule has 0 aromatic heterocycles. The minimum Gasteiger partial charge on any atom is -0.467 e. The molecule has 1 fully saturated rings. The summed E-state index contributed by atoms with van der Waals surface area (Å²) in [4.78, 5) is 73.9. The molecule has 1 saturated heterocycles. The predicted molar refractivity (Wildman–Crippen MR) is 218 cm³/mol. The molecule has 55 heavy (non-hydrogen) atoms. The van der Waals surface area contributed by atoms with Crippen molar-refractivity contribution in [3.05, 3.63) is 35.9 Å². The minimum atomic E-state index is -0.890. The second kappa shape index (κ2) is 22.9. The van der Waals surface area contributed by atoms with Crippen molar-refractivity contribution in [2.45, 2.75) is 130 Å². The van der Waals surface area contributed by atoms with Crippen LogP contribution in [0.15, 0.2) is 30.3 Å². The van der Waals surface area contributed by atoms with Crippen LogP contribution in [0.1, 0.15) is 89.5 Å². The molecule has 316 valence electrons. The van der Waals surface area contributed by atoms with Gasteiger partial charge in [-0.1, -0.05) is 92.1 Å². The molecule has 9 atom stereocenters. The largest absolute Gasteiger partial charge is 0.467 e. The number of hydrogen-bond donors (Lipinski definition) is 2. The monoisotopic (exact) mass is 778 g/mol. The van der Waals surface area contributed by atoms with Gasteiger partial charge in [-0.15, -0.1) is 0 Å². The van der Waals surface area contributed by atoms with Gasteiger partial charge in [-0.3, -0.25) is 24.1 Å². The van der Waals surface area contributed by atoms with Gasteiger partial charge in [0.25, 0.3) is 0 Å². The number of likely N-dealkylation sites (tertiary alicyclic amines) is 1. The van der Waals surface area contributed by atoms with Crippen LogP contribution in [0.5, 0.6) is 0 Å². The van der Waals surface area contributed by atoms with Gasteiger partial charge in [0.1, 0.15) is 12.1 Å². The number of amides is 4. The fourth-order valence-corrected chi connectivity index (χ4v) is 7.97. The highest BCUT2D eigenvalue weighted by molar-refractivity contribution is 5.90. The number of ether oxygens (including phenoxy) is 3. The molecule has 0 aliphatic carbocycles. The van der Waals surface area contributed by atoms with Gasteiger partial charge < -0.3 is 34.6 Å². The fraction of sp³-hybridized carbons (Fsp3) is 0.738. The molecule has 0 bridgehead atoms. The van der Waals surface area contributed by atoms with Gasteiger partial charge in [0.15, 0.2) is 0 Å². The number of likely N-dealkylation sites (N-methyl/N-ethyl adjacent to an activating group) is 2. The second-order valence-corrected chi connectivity index (χ2v) is 15.9. The summed E-state index contributed by atoms with van der Waals surface area (Å²) >= 11 is 0. The predicted octanol–water partition coefficient (Wildman–Crippen LogP) is 4.42. The highest BCUT2D eigenvalue weighted by atomic mass is 16.5. The summed E-state index contributed by atoms with van der Waals surface area (Å²) < 4.78 is 17.0. The third-order valence-electron chi connectivity index (χ3n) is 11.4. The van der Waals surface area contributed by atoms with Crippen LogP contribution in [-0.2, 0) is 44.6 Å². The topological polar surface area (TPSA) is 147 Å². The Morgan fingerprint density at radius 2 is 1.53 bits per heavy atom. The van der Waals surface area contributed by atoms with E-state index in [9.17, 15) is 24.0 Å². The summed E-state index contributed by atoms with van der Waals surface area (Å²) in [5.41, 5.74) is 0.876. The number of benzene rings is 1. The lowest BCUT2D eigenvalue weighted by molar-refractivity contribution is -0.149. The van der Waals surface area contributed by atoms with Crippen molar-refractivity contribution in [2.24, 2.45) is 23.7 Å². The van der Waals surface area contributed by atoms with Gasteiger partial charge in [-0.2, -0.15) is 0 Å². The van der Waals surface area contributed by atoms with Gasteiger partial charge in [0.05, 0.1) is 49.8 Å². The van der Waals surface area contributed by atoms with E-state index < -0.39 is 48.3 Å². The lowest BCUT2D eigenvalue weighted by Gasteiger charge is -2.41. The molecule has 1 aromatic rings. The molecule has 1 aliphatic heterocycles. The maximum Gasteiger partial charge on any atom is 0.328 e. The van der Waals surface area contributed by atoms with Gasteiger partial charge in [0, 0.05) is 37.1 Å². The van der Waals surface area contributed by atoms with Crippen LogP contribution in [0.2, 0.25) is 0 Å². The Hall–Kier alpha value is -3.55. The maximum absolute atomic E-state index is 14.3. The number of esters is 1. The maximum atomic E-state index is 14.3. The standard InChI is InChI=1S/C42H71N5O8.2H2/c1-14-28(7)37(46(10)41(51)35(26(3)4)44-40(50)36(27(5)6)45(9)15-2)33(53-11)25-34(48)47-23-19-22-32(47)38(54-12)29(8)39(49)43-31(42(52)55-13)24-30-20-17-16-18-21-30;;/h16-18,20-21,26-29,31-33,35-38H,14-15,19,22-25H2,1-13H3,(H,43,49)(H,44,50);2*1H/t28?,29-,31?,32+,33-,35+,36+,37+,38-;;/m1../s1. The molecule has 2 rings (SSSR count). The lowest BCUT2D eigenvalue weighted by atomic mass is 9.89. The molecular formula is C42H75N5O8. The lowest BCUT2D eigenvalue weighted by Crippen LogP contribution is -2.60. The SMILES string of the molecule is CCC(C)[C@@H]([C@@H](CC(=O)N1CCC[C@H]1[C@H](OC)[C@@H](C)C(=O)NC(Cc1ccccc1)C(=O)OC)OC)N(C)C(=O)[C@@H](NC(=O)[C@H](C(C)C)N(C)CC)C(C)C.[HH].[HH]. The quantitative estimate of drug-likeness (QED) is 0.164. The van der Waals surface area contributed by atoms with Crippen LogP contribution in [0.3, 0.4) is 0 Å². The smallest absolute Gasteiger partial charge is 0.328 e. The zero-order valence-corrected chi connectivity index (χ0v) is 35.8. The summed E-state index contributed by atoms with van der Waals surface area (Å²) in [5.74, 6) is -2.38. The second-order valence-electron chi connectivity index (χ2n) is 15.9. The molecule has 1 heterocycles. The zero-order valence-electron chi connectivity index (χ0n) is 35.8. The number of nitrogens with zero attached hydrogens (tertiary/aromatic N) is 3. The first-order valence-corrected chi connectivity index (χ1v) is 20.0. The van der Waals surface area contributed by atoms with E-state index >= 15 is 0 Å². The molecule has 0 radical (unpaired) electrons. The summed E-state index contributed by atoms with van der Waals surface area (Å²) in [6.45, 7) is 16.8. The molecule has 0 spiro atoms. The average Bonchev–Trinajstić information content (AvgIpc) is 3.65. The van der Waals surface area contributed by atoms with Crippen molar-refractivity contribution in [2.75, 3.05) is 48.5 Å². The molecular weight excluding hydrogens is 702 g/mol. The first-order chi connectivity index (χ1) is 26.0. The highest BCUT2D eigenvalue weighted by Gasteiger charge is 2.43. The minimum absolute atomic E-state index is 0. The third kappa shape index (κ3) is 12.7. The number of nitrogens with one attached hydrogen (secondary N) is 2. The number of methoxy groups -OCH3 is 3. The van der Waals surface area contributed by atoms with E-state index in [-0.39, 0.29) is 63.1 Å². The van der Waals surface area contributed by atoms with Crippen LogP contribution in [0.4, 0.5) is 0 Å². The van der Waals surface area contributed by atoms with E-state index in [1.54, 1.807) is 30.9 Å². The number of carbonyl (C=O) groups is 5. The molecule has 2 N–H and O–H groups in total. The average molecular weight is 778 g/mol. The molecule has 13 nitrogen and oxygen atoms in total. The number of rotatable bonds is 22. The van der Waals surface area contributed by atoms with Crippen LogP contribution in [0, 0.1) is 23.7 Å². The van der Waals surface area contributed by atoms with Crippen molar-refractivity contribution >= 4 is 29.6 Å². The first-order valence-electron chi connectivity index (χ1n) is 20.0. The van der Waals surface area contributed by atoms with Crippen molar-refractivity contribution < 1.29 is 41.0 Å². The summed E-state index contributed by atoms with van der Waals surface area (Å²) in [5, 5.41) is 5.93. The van der Waals surface area contributed by atoms with Crippen molar-refractivity contribution in [1.29, 1.82) is 0 Å². The highest BCUT2D eigenvalue weighted by Crippen LogP contribution is 2.30. The Kier molecular flexibility index (Phi) is 19.8. The fourth-order valence-electron chi connectivity index (χ4n) is 7.97. The summed E-state index contributed by atoms with van der Waals surface area (Å²) in [6.07, 6.45) is 1.08. The van der Waals surface area contributed by atoms with E-state index in [1.165, 1.54) is 14.2 Å². The van der Waals surface area contributed by atoms with Gasteiger partial charge in [-0.25, -0.2) is 4.79 Å². The first kappa shape index (κ1) is 47.6. The molecule has 2 unspecified atom stereocenters. The molecule has 0 saturated carbocycles. The summed E-state index contributed by atoms with van der Waals surface area (Å²) in [7, 11) is 8.01. The Morgan fingerprint density at radius 3 is 2.04 bits per heavy atom. The molecule has 4 amide bonds. The van der Waals surface area contributed by atoms with Crippen molar-refractivity contribution in [1.82, 2.24) is 25.3 Å². The Bertz CT molecular complexity index is 1390. The molecule has 1 aliphatic rings. The molecule has 1 aromatic carbocycles. The normalized spacial score (nSPS) is 18.9. The van der Waals surface area contributed by atoms with E-state index in [0.717, 1.165) is 18.4 Å². The van der Waals surface area contributed by atoms with Gasteiger partial charge in [-0.05, 0) is 49.8 Å². The number of carbonyl (C=O) groups excluding carboxylic acids is 5. The van der Waals surface area contributed by atoms with E-state index in [0.29, 0.717) is 19.5 Å². The summed E-state index contributed by atoms with van der Waals surface area (Å²) in [6, 6.07) is 6.48. The van der Waals surface area contributed by atoms with E-state index in [2.05, 4.69) is 10.6 Å². The van der Waals surface area contributed by atoms with E-state index in [1.807, 2.05) is 90.7 Å². The van der Waals surface area contributed by atoms with Crippen molar-refractivity contribution in [3.8, 4) is 0 Å². The zero-order chi connectivity index (χ0) is 41.6. The van der Waals surface area contributed by atoms with Gasteiger partial charge >= 0.3 is 5.97 Å². The van der Waals surface area contributed by atoms with Crippen LogP contribution >= 0.6 is 0 Å². The Balaban J connectivity index is 0.0000157. The Morgan fingerprint density at radius 1 is 0.891 bits per heavy atom. The third-order valence-corrected chi connectivity index (χ3v) is 11.4. The van der Waals surface area contributed by atoms with Crippen LogP contribution in [-0.4, -0.2) is 135 Å². The number of hydrogen-bond acceptors (Lipinski definition) is 9. The van der Waals surface area contributed by atoms with Crippen LogP contribution in [0.25, 0.3) is 0 Å². The Labute approximate surface area is 333 Å². The van der Waals surface area contributed by atoms with E-state index in [4.69, 9.17) is 14.2 Å². The van der Waals surface area contributed by atoms with Crippen LogP contribution < -0.4 is 10.6 Å². The van der Waals surface area contributed by atoms with Gasteiger partial charge in [0.2, 0.25) is 23.6 Å². The molecule has 13 heteroatoms. The van der Waals surface area contributed by atoms with Crippen molar-refractivity contribution in [3.63, 3.8) is 0 Å².